The van der Waals surface area contributed by atoms with Crippen molar-refractivity contribution in [3.8, 4) is 0 Å². The van der Waals surface area contributed by atoms with Crippen LogP contribution in [0.2, 0.25) is 10.0 Å². The molecule has 28 heavy (non-hydrogen) atoms. The van der Waals surface area contributed by atoms with Gasteiger partial charge >= 0.3 is 0 Å². The minimum absolute atomic E-state index is 0.0459. The van der Waals surface area contributed by atoms with E-state index >= 15 is 0 Å². The number of amides is 1. The van der Waals surface area contributed by atoms with Crippen molar-refractivity contribution in [3.05, 3.63) is 93.7 Å². The number of benzene rings is 2. The summed E-state index contributed by atoms with van der Waals surface area (Å²) in [5.74, 6) is -0.0459. The number of aromatic nitrogens is 1. The Hall–Kier alpha value is -2.23. The fourth-order valence-corrected chi connectivity index (χ4v) is 3.62. The standard InChI is InChI=1S/C23H24Cl2N2O/c1-3-17(2)27(23(28)21-11-4-5-12-22(21)25)16-20-10-7-13-26(20)15-18-8-6-9-19(24)14-18/h4-14,17H,3,15-16H2,1-2H3/t17-/m0/s1. The van der Waals surface area contributed by atoms with E-state index in [2.05, 4.69) is 30.5 Å². The molecule has 1 aromatic heterocycles. The van der Waals surface area contributed by atoms with Gasteiger partial charge in [-0.1, -0.05) is 54.4 Å². The van der Waals surface area contributed by atoms with Gasteiger partial charge in [-0.2, -0.15) is 0 Å². The van der Waals surface area contributed by atoms with Crippen molar-refractivity contribution in [2.75, 3.05) is 0 Å². The Kier molecular flexibility index (Phi) is 6.82. The second-order valence-electron chi connectivity index (χ2n) is 6.93. The van der Waals surface area contributed by atoms with E-state index < -0.39 is 0 Å². The molecular formula is C23H24Cl2N2O. The van der Waals surface area contributed by atoms with Crippen molar-refractivity contribution in [2.24, 2.45) is 0 Å². The molecule has 2 aromatic carbocycles. The fourth-order valence-electron chi connectivity index (χ4n) is 3.19. The Morgan fingerprint density at radius 1 is 1.07 bits per heavy atom. The van der Waals surface area contributed by atoms with E-state index in [1.807, 2.05) is 47.5 Å². The predicted octanol–water partition coefficient (Wildman–Crippen LogP) is 6.28. The molecule has 3 nitrogen and oxygen atoms in total. The summed E-state index contributed by atoms with van der Waals surface area (Å²) < 4.78 is 2.15. The van der Waals surface area contributed by atoms with Gasteiger partial charge in [-0.05, 0) is 55.3 Å². The zero-order valence-electron chi connectivity index (χ0n) is 16.1. The van der Waals surface area contributed by atoms with Gasteiger partial charge in [0.05, 0.1) is 17.1 Å². The van der Waals surface area contributed by atoms with Gasteiger partial charge in [0, 0.05) is 29.5 Å². The van der Waals surface area contributed by atoms with E-state index in [1.165, 1.54) is 0 Å². The molecule has 0 aliphatic heterocycles. The lowest BCUT2D eigenvalue weighted by atomic mass is 10.1. The third kappa shape index (κ3) is 4.78. The molecule has 0 aliphatic carbocycles. The number of carbonyl (C=O) groups excluding carboxylic acids is 1. The zero-order valence-corrected chi connectivity index (χ0v) is 17.6. The highest BCUT2D eigenvalue weighted by Gasteiger charge is 2.23. The molecule has 0 spiro atoms. The Labute approximate surface area is 176 Å². The normalized spacial score (nSPS) is 12.0. The summed E-state index contributed by atoms with van der Waals surface area (Å²) in [6, 6.07) is 19.2. The molecule has 0 bridgehead atoms. The molecule has 3 aromatic rings. The second kappa shape index (κ2) is 9.31. The smallest absolute Gasteiger partial charge is 0.255 e. The molecule has 0 N–H and O–H groups in total. The molecular weight excluding hydrogens is 391 g/mol. The van der Waals surface area contributed by atoms with Crippen molar-refractivity contribution >= 4 is 29.1 Å². The average molecular weight is 415 g/mol. The van der Waals surface area contributed by atoms with Crippen LogP contribution in [0.1, 0.15) is 41.9 Å². The maximum absolute atomic E-state index is 13.2. The SMILES string of the molecule is CC[C@H](C)N(Cc1cccn1Cc1cccc(Cl)c1)C(=O)c1ccccc1Cl. The molecule has 1 amide bonds. The fraction of sp³-hybridized carbons (Fsp3) is 0.261. The number of nitrogens with zero attached hydrogens (tertiary/aromatic N) is 2. The molecule has 0 radical (unpaired) electrons. The number of hydrogen-bond donors (Lipinski definition) is 0. The quantitative estimate of drug-likeness (QED) is 0.446. The van der Waals surface area contributed by atoms with Crippen molar-refractivity contribution in [1.29, 1.82) is 0 Å². The van der Waals surface area contributed by atoms with Gasteiger partial charge in [-0.15, -0.1) is 0 Å². The second-order valence-corrected chi connectivity index (χ2v) is 7.77. The van der Waals surface area contributed by atoms with Crippen LogP contribution in [0.25, 0.3) is 0 Å². The van der Waals surface area contributed by atoms with Crippen LogP contribution in [-0.4, -0.2) is 21.4 Å². The van der Waals surface area contributed by atoms with Gasteiger partial charge in [0.25, 0.3) is 5.91 Å². The molecule has 146 valence electrons. The number of hydrogen-bond acceptors (Lipinski definition) is 1. The summed E-state index contributed by atoms with van der Waals surface area (Å²) >= 11 is 12.4. The summed E-state index contributed by atoms with van der Waals surface area (Å²) in [7, 11) is 0. The van der Waals surface area contributed by atoms with Crippen LogP contribution in [0.3, 0.4) is 0 Å². The van der Waals surface area contributed by atoms with Gasteiger partial charge in [-0.3, -0.25) is 4.79 Å². The molecule has 0 aliphatic rings. The third-order valence-corrected chi connectivity index (χ3v) is 5.55. The van der Waals surface area contributed by atoms with Crippen LogP contribution in [0.5, 0.6) is 0 Å². The Morgan fingerprint density at radius 3 is 2.57 bits per heavy atom. The first-order valence-electron chi connectivity index (χ1n) is 9.43. The number of carbonyl (C=O) groups is 1. The first-order valence-corrected chi connectivity index (χ1v) is 10.2. The van der Waals surface area contributed by atoms with Gasteiger partial charge in [0.15, 0.2) is 0 Å². The average Bonchev–Trinajstić information content (AvgIpc) is 3.12. The molecule has 3 rings (SSSR count). The van der Waals surface area contributed by atoms with E-state index in [9.17, 15) is 4.79 Å². The van der Waals surface area contributed by atoms with E-state index in [0.29, 0.717) is 23.7 Å². The lowest BCUT2D eigenvalue weighted by Crippen LogP contribution is -2.38. The van der Waals surface area contributed by atoms with Crippen molar-refractivity contribution in [3.63, 3.8) is 0 Å². The first kappa shape index (κ1) is 20.5. The minimum atomic E-state index is -0.0459. The van der Waals surface area contributed by atoms with Crippen LogP contribution >= 0.6 is 23.2 Å². The third-order valence-electron chi connectivity index (χ3n) is 4.99. The molecule has 1 atom stereocenters. The maximum atomic E-state index is 13.2. The number of halogens is 2. The molecule has 0 saturated heterocycles. The lowest BCUT2D eigenvalue weighted by molar-refractivity contribution is 0.0667. The zero-order chi connectivity index (χ0) is 20.1. The first-order chi connectivity index (χ1) is 13.5. The summed E-state index contributed by atoms with van der Waals surface area (Å²) in [6.45, 7) is 5.38. The number of rotatable bonds is 7. The van der Waals surface area contributed by atoms with Crippen molar-refractivity contribution in [1.82, 2.24) is 9.47 Å². The van der Waals surface area contributed by atoms with Crippen LogP contribution in [0.15, 0.2) is 66.9 Å². The van der Waals surface area contributed by atoms with Gasteiger partial charge < -0.3 is 9.47 Å². The lowest BCUT2D eigenvalue weighted by Gasteiger charge is -2.29. The summed E-state index contributed by atoms with van der Waals surface area (Å²) in [4.78, 5) is 15.1. The Balaban J connectivity index is 1.86. The van der Waals surface area contributed by atoms with E-state index in [-0.39, 0.29) is 11.9 Å². The summed E-state index contributed by atoms with van der Waals surface area (Å²) in [5, 5.41) is 1.21. The molecule has 5 heteroatoms. The highest BCUT2D eigenvalue weighted by Crippen LogP contribution is 2.22. The van der Waals surface area contributed by atoms with Crippen LogP contribution < -0.4 is 0 Å². The van der Waals surface area contributed by atoms with E-state index in [4.69, 9.17) is 23.2 Å². The molecule has 0 unspecified atom stereocenters. The van der Waals surface area contributed by atoms with E-state index in [0.717, 1.165) is 22.7 Å². The Morgan fingerprint density at radius 2 is 1.86 bits per heavy atom. The monoisotopic (exact) mass is 414 g/mol. The molecule has 0 saturated carbocycles. The highest BCUT2D eigenvalue weighted by molar-refractivity contribution is 6.33. The maximum Gasteiger partial charge on any atom is 0.255 e. The van der Waals surface area contributed by atoms with Gasteiger partial charge in [-0.25, -0.2) is 0 Å². The molecule has 0 fully saturated rings. The summed E-state index contributed by atoms with van der Waals surface area (Å²) in [5.41, 5.74) is 2.73. The molecule has 1 heterocycles. The van der Waals surface area contributed by atoms with Crippen LogP contribution in [-0.2, 0) is 13.1 Å². The van der Waals surface area contributed by atoms with Crippen LogP contribution in [0, 0.1) is 0 Å². The van der Waals surface area contributed by atoms with E-state index in [1.54, 1.807) is 12.1 Å². The van der Waals surface area contributed by atoms with Gasteiger partial charge in [0.2, 0.25) is 0 Å². The summed E-state index contributed by atoms with van der Waals surface area (Å²) in [6.07, 6.45) is 2.90. The van der Waals surface area contributed by atoms with Gasteiger partial charge in [0.1, 0.15) is 0 Å². The van der Waals surface area contributed by atoms with Crippen LogP contribution in [0.4, 0.5) is 0 Å². The minimum Gasteiger partial charge on any atom is -0.345 e. The van der Waals surface area contributed by atoms with Crippen molar-refractivity contribution < 1.29 is 4.79 Å². The predicted molar refractivity (Wildman–Crippen MR) is 116 cm³/mol. The largest absolute Gasteiger partial charge is 0.345 e. The van der Waals surface area contributed by atoms with Crippen molar-refractivity contribution in [2.45, 2.75) is 39.4 Å². The topological polar surface area (TPSA) is 25.2 Å². The highest BCUT2D eigenvalue weighted by atomic mass is 35.5. The Bertz CT molecular complexity index is 951.